The summed E-state index contributed by atoms with van der Waals surface area (Å²) in [5.74, 6) is 0. The topological polar surface area (TPSA) is 9.23 Å². The van der Waals surface area contributed by atoms with E-state index in [0.717, 1.165) is 13.0 Å². The smallest absolute Gasteiger partial charge is 0.211 e. The number of benzene rings is 1. The van der Waals surface area contributed by atoms with Crippen LogP contribution in [0, 0.1) is 0 Å². The van der Waals surface area contributed by atoms with Gasteiger partial charge < -0.3 is 4.43 Å². The molecule has 0 aliphatic carbocycles. The number of unbranched alkanes of at least 4 members (excludes halogenated alkanes) is 1. The molecule has 0 amide bonds. The molecule has 0 spiro atoms. The first-order valence-corrected chi connectivity index (χ1v) is 9.20. The van der Waals surface area contributed by atoms with Crippen LogP contribution in [0.3, 0.4) is 0 Å². The summed E-state index contributed by atoms with van der Waals surface area (Å²) in [4.78, 5) is 0. The fraction of sp³-hybridized carbons (Fsp3) is 0.625. The van der Waals surface area contributed by atoms with Gasteiger partial charge in [-0.15, -0.1) is 0 Å². The van der Waals surface area contributed by atoms with Gasteiger partial charge in [-0.05, 0) is 36.9 Å². The standard InChI is InChI=1S/C16H27OSi/c1-3-5-14-18(17-13-4-2)15-9-12-16-10-7-6-8-11-16/h6-8,10-11H,3-5,9,12-15H2,1-2H3. The number of aryl methyl sites for hydroxylation is 1. The van der Waals surface area contributed by atoms with Gasteiger partial charge in [-0.1, -0.05) is 57.0 Å². The third-order valence-corrected chi connectivity index (χ3v) is 5.52. The lowest BCUT2D eigenvalue weighted by Crippen LogP contribution is -2.18. The van der Waals surface area contributed by atoms with Crippen molar-refractivity contribution in [3.8, 4) is 0 Å². The molecule has 101 valence electrons. The molecule has 0 bridgehead atoms. The van der Waals surface area contributed by atoms with E-state index >= 15 is 0 Å². The van der Waals surface area contributed by atoms with Crippen LogP contribution in [0.1, 0.15) is 45.1 Å². The molecular weight excluding hydrogens is 236 g/mol. The van der Waals surface area contributed by atoms with Gasteiger partial charge in [-0.2, -0.15) is 0 Å². The van der Waals surface area contributed by atoms with E-state index in [2.05, 4.69) is 44.2 Å². The van der Waals surface area contributed by atoms with Gasteiger partial charge in [0.05, 0.1) is 0 Å². The zero-order valence-corrected chi connectivity index (χ0v) is 13.0. The zero-order chi connectivity index (χ0) is 13.1. The highest BCUT2D eigenvalue weighted by atomic mass is 28.3. The highest BCUT2D eigenvalue weighted by molar-refractivity contribution is 6.51. The van der Waals surface area contributed by atoms with E-state index in [1.807, 2.05) is 0 Å². The molecule has 0 N–H and O–H groups in total. The van der Waals surface area contributed by atoms with Crippen LogP contribution in [0.2, 0.25) is 12.1 Å². The van der Waals surface area contributed by atoms with Crippen molar-refractivity contribution in [3.05, 3.63) is 35.9 Å². The Labute approximate surface area is 114 Å². The van der Waals surface area contributed by atoms with Gasteiger partial charge in [0.1, 0.15) is 0 Å². The molecule has 1 nitrogen and oxygen atoms in total. The number of hydrogen-bond acceptors (Lipinski definition) is 1. The normalized spacial score (nSPS) is 11.1. The Balaban J connectivity index is 2.23. The van der Waals surface area contributed by atoms with Crippen LogP contribution in [-0.4, -0.2) is 15.6 Å². The number of rotatable bonds is 10. The predicted octanol–water partition coefficient (Wildman–Crippen LogP) is 4.84. The first kappa shape index (κ1) is 15.5. The van der Waals surface area contributed by atoms with Gasteiger partial charge in [-0.25, -0.2) is 0 Å². The first-order valence-electron chi connectivity index (χ1n) is 7.38. The molecular formula is C16H27OSi. The quantitative estimate of drug-likeness (QED) is 0.549. The summed E-state index contributed by atoms with van der Waals surface area (Å²) in [6.07, 6.45) is 6.27. The Bertz CT molecular complexity index is 278. The van der Waals surface area contributed by atoms with Crippen LogP contribution in [0.15, 0.2) is 30.3 Å². The Kier molecular flexibility index (Phi) is 8.87. The lowest BCUT2D eigenvalue weighted by Gasteiger charge is -2.14. The minimum absolute atomic E-state index is 0.539. The molecule has 0 unspecified atom stereocenters. The van der Waals surface area contributed by atoms with E-state index in [-0.39, 0.29) is 0 Å². The molecule has 1 aromatic rings. The average Bonchev–Trinajstić information content (AvgIpc) is 2.42. The largest absolute Gasteiger partial charge is 0.417 e. The summed E-state index contributed by atoms with van der Waals surface area (Å²) < 4.78 is 6.03. The summed E-state index contributed by atoms with van der Waals surface area (Å²) in [6.45, 7) is 5.43. The van der Waals surface area contributed by atoms with Crippen LogP contribution < -0.4 is 0 Å². The maximum Gasteiger partial charge on any atom is 0.211 e. The molecule has 0 aromatic heterocycles. The molecule has 1 aromatic carbocycles. The lowest BCUT2D eigenvalue weighted by molar-refractivity contribution is 0.316. The van der Waals surface area contributed by atoms with Crippen LogP contribution in [0.25, 0.3) is 0 Å². The van der Waals surface area contributed by atoms with E-state index in [0.29, 0.717) is 0 Å². The van der Waals surface area contributed by atoms with Crippen LogP contribution >= 0.6 is 0 Å². The van der Waals surface area contributed by atoms with E-state index in [1.165, 1.54) is 43.3 Å². The van der Waals surface area contributed by atoms with Crippen molar-refractivity contribution < 1.29 is 4.43 Å². The molecule has 2 heteroatoms. The fourth-order valence-electron chi connectivity index (χ4n) is 2.02. The third kappa shape index (κ3) is 6.97. The van der Waals surface area contributed by atoms with E-state index in [1.54, 1.807) is 0 Å². The van der Waals surface area contributed by atoms with E-state index in [4.69, 9.17) is 4.43 Å². The molecule has 18 heavy (non-hydrogen) atoms. The second kappa shape index (κ2) is 10.3. The van der Waals surface area contributed by atoms with Crippen molar-refractivity contribution in [2.24, 2.45) is 0 Å². The summed E-state index contributed by atoms with van der Waals surface area (Å²) in [5.41, 5.74) is 1.46. The minimum atomic E-state index is -0.539. The Morgan fingerprint density at radius 1 is 0.944 bits per heavy atom. The molecule has 0 heterocycles. The van der Waals surface area contributed by atoms with Crippen molar-refractivity contribution >= 4 is 9.04 Å². The molecule has 1 rings (SSSR count). The second-order valence-corrected chi connectivity index (χ2v) is 7.20. The van der Waals surface area contributed by atoms with E-state index in [9.17, 15) is 0 Å². The van der Waals surface area contributed by atoms with Crippen LogP contribution in [0.5, 0.6) is 0 Å². The maximum absolute atomic E-state index is 6.03. The SMILES string of the molecule is CCCC[Si](CCCc1ccccc1)OCCC. The van der Waals surface area contributed by atoms with Crippen molar-refractivity contribution in [2.75, 3.05) is 6.61 Å². The maximum atomic E-state index is 6.03. The Hall–Kier alpha value is -0.603. The molecule has 0 aliphatic heterocycles. The Morgan fingerprint density at radius 2 is 1.67 bits per heavy atom. The Morgan fingerprint density at radius 3 is 2.33 bits per heavy atom. The van der Waals surface area contributed by atoms with Crippen molar-refractivity contribution in [3.63, 3.8) is 0 Å². The van der Waals surface area contributed by atoms with Crippen LogP contribution in [0.4, 0.5) is 0 Å². The molecule has 0 atom stereocenters. The highest BCUT2D eigenvalue weighted by Gasteiger charge is 2.11. The van der Waals surface area contributed by atoms with Gasteiger partial charge in [-0.3, -0.25) is 0 Å². The molecule has 0 saturated carbocycles. The van der Waals surface area contributed by atoms with Crippen molar-refractivity contribution in [1.82, 2.24) is 0 Å². The predicted molar refractivity (Wildman–Crippen MR) is 81.3 cm³/mol. The molecule has 0 saturated heterocycles. The van der Waals surface area contributed by atoms with Crippen LogP contribution in [-0.2, 0) is 10.8 Å². The summed E-state index contributed by atoms with van der Waals surface area (Å²) in [7, 11) is -0.539. The van der Waals surface area contributed by atoms with Crippen molar-refractivity contribution in [2.45, 2.75) is 58.0 Å². The zero-order valence-electron chi connectivity index (χ0n) is 12.0. The first-order chi connectivity index (χ1) is 8.86. The minimum Gasteiger partial charge on any atom is -0.417 e. The monoisotopic (exact) mass is 263 g/mol. The van der Waals surface area contributed by atoms with Gasteiger partial charge in [0, 0.05) is 6.61 Å². The summed E-state index contributed by atoms with van der Waals surface area (Å²) in [5, 5.41) is 0. The molecule has 1 radical (unpaired) electrons. The van der Waals surface area contributed by atoms with Gasteiger partial charge in [0.2, 0.25) is 9.04 Å². The summed E-state index contributed by atoms with van der Waals surface area (Å²) >= 11 is 0. The fourth-order valence-corrected chi connectivity index (χ4v) is 4.37. The summed E-state index contributed by atoms with van der Waals surface area (Å²) in [6, 6.07) is 13.4. The highest BCUT2D eigenvalue weighted by Crippen LogP contribution is 2.13. The second-order valence-electron chi connectivity index (χ2n) is 4.83. The molecule has 0 aliphatic rings. The number of hydrogen-bond donors (Lipinski definition) is 0. The van der Waals surface area contributed by atoms with Gasteiger partial charge in [0.25, 0.3) is 0 Å². The third-order valence-electron chi connectivity index (χ3n) is 3.08. The van der Waals surface area contributed by atoms with Gasteiger partial charge in [0.15, 0.2) is 0 Å². The van der Waals surface area contributed by atoms with Gasteiger partial charge >= 0.3 is 0 Å². The van der Waals surface area contributed by atoms with Crippen molar-refractivity contribution in [1.29, 1.82) is 0 Å². The average molecular weight is 263 g/mol. The molecule has 0 fully saturated rings. The lowest BCUT2D eigenvalue weighted by atomic mass is 10.1. The van der Waals surface area contributed by atoms with E-state index < -0.39 is 9.04 Å².